The minimum Gasteiger partial charge on any atom is -0.484 e. The molecule has 2 aromatic rings. The zero-order chi connectivity index (χ0) is 16.6. The van der Waals surface area contributed by atoms with Crippen molar-refractivity contribution in [2.45, 2.75) is 25.7 Å². The summed E-state index contributed by atoms with van der Waals surface area (Å²) in [4.78, 5) is 14.6. The van der Waals surface area contributed by atoms with Gasteiger partial charge in [-0.2, -0.15) is 0 Å². The third-order valence-corrected chi connectivity index (χ3v) is 4.24. The Bertz CT molecular complexity index is 650. The van der Waals surface area contributed by atoms with E-state index in [2.05, 4.69) is 16.3 Å². The molecule has 0 radical (unpaired) electrons. The first kappa shape index (κ1) is 16.4. The van der Waals surface area contributed by atoms with Crippen molar-refractivity contribution in [3.05, 3.63) is 54.6 Å². The Morgan fingerprint density at radius 3 is 2.33 bits per heavy atom. The highest BCUT2D eigenvalue weighted by molar-refractivity contribution is 5.95. The summed E-state index contributed by atoms with van der Waals surface area (Å²) in [6.07, 6.45) is 4.99. The maximum atomic E-state index is 12.2. The van der Waals surface area contributed by atoms with Crippen molar-refractivity contribution >= 4 is 17.3 Å². The van der Waals surface area contributed by atoms with E-state index >= 15 is 0 Å². The lowest BCUT2D eigenvalue weighted by molar-refractivity contribution is -0.118. The molecule has 0 bridgehead atoms. The number of rotatable bonds is 5. The van der Waals surface area contributed by atoms with E-state index in [1.807, 2.05) is 48.5 Å². The second-order valence-corrected chi connectivity index (χ2v) is 6.07. The number of amides is 1. The van der Waals surface area contributed by atoms with E-state index in [4.69, 9.17) is 4.74 Å². The first-order valence-electron chi connectivity index (χ1n) is 8.64. The predicted molar refractivity (Wildman–Crippen MR) is 97.7 cm³/mol. The van der Waals surface area contributed by atoms with Crippen LogP contribution in [0.2, 0.25) is 0 Å². The van der Waals surface area contributed by atoms with Crippen LogP contribution in [0, 0.1) is 0 Å². The molecule has 0 atom stereocenters. The van der Waals surface area contributed by atoms with Gasteiger partial charge in [0.05, 0.1) is 11.4 Å². The standard InChI is InChI=1S/C20H24N2O2/c23-20(16-24-17-10-4-3-5-11-17)21-18-12-6-7-13-19(18)22-14-8-1-2-9-15-22/h3-7,10-13H,1-2,8-9,14-16H2,(H,21,23). The molecule has 0 aliphatic carbocycles. The largest absolute Gasteiger partial charge is 0.484 e. The van der Waals surface area contributed by atoms with Crippen molar-refractivity contribution in [1.29, 1.82) is 0 Å². The van der Waals surface area contributed by atoms with Crippen molar-refractivity contribution in [1.82, 2.24) is 0 Å². The maximum Gasteiger partial charge on any atom is 0.262 e. The molecule has 1 heterocycles. The third kappa shape index (κ3) is 4.51. The molecule has 1 saturated heterocycles. The Kier molecular flexibility index (Phi) is 5.72. The Balaban J connectivity index is 1.63. The zero-order valence-corrected chi connectivity index (χ0v) is 13.9. The summed E-state index contributed by atoms with van der Waals surface area (Å²) in [5.74, 6) is 0.564. The van der Waals surface area contributed by atoms with Gasteiger partial charge in [-0.25, -0.2) is 0 Å². The van der Waals surface area contributed by atoms with Crippen LogP contribution >= 0.6 is 0 Å². The zero-order valence-electron chi connectivity index (χ0n) is 13.9. The highest BCUT2D eigenvalue weighted by Crippen LogP contribution is 2.27. The molecule has 3 rings (SSSR count). The Labute approximate surface area is 143 Å². The summed E-state index contributed by atoms with van der Waals surface area (Å²) in [6, 6.07) is 17.4. The average Bonchev–Trinajstić information content (AvgIpc) is 2.91. The molecule has 4 nitrogen and oxygen atoms in total. The number of ether oxygens (including phenoxy) is 1. The van der Waals surface area contributed by atoms with E-state index in [1.165, 1.54) is 25.7 Å². The highest BCUT2D eigenvalue weighted by Gasteiger charge is 2.14. The van der Waals surface area contributed by atoms with Crippen LogP contribution in [0.3, 0.4) is 0 Å². The summed E-state index contributed by atoms with van der Waals surface area (Å²) in [5, 5.41) is 2.99. The Hall–Kier alpha value is -2.49. The summed E-state index contributed by atoms with van der Waals surface area (Å²) in [7, 11) is 0. The lowest BCUT2D eigenvalue weighted by Crippen LogP contribution is -2.27. The quantitative estimate of drug-likeness (QED) is 0.901. The lowest BCUT2D eigenvalue weighted by atomic mass is 10.2. The predicted octanol–water partition coefficient (Wildman–Crippen LogP) is 4.08. The number of hydrogen-bond donors (Lipinski definition) is 1. The van der Waals surface area contributed by atoms with Crippen molar-refractivity contribution in [2.75, 3.05) is 29.9 Å². The van der Waals surface area contributed by atoms with Gasteiger partial charge in [0.15, 0.2) is 6.61 Å². The number of benzene rings is 2. The molecule has 126 valence electrons. The Morgan fingerprint density at radius 1 is 0.917 bits per heavy atom. The van der Waals surface area contributed by atoms with Gasteiger partial charge < -0.3 is 15.0 Å². The fourth-order valence-electron chi connectivity index (χ4n) is 3.02. The van der Waals surface area contributed by atoms with E-state index in [0.717, 1.165) is 24.5 Å². The van der Waals surface area contributed by atoms with E-state index < -0.39 is 0 Å². The molecule has 1 amide bonds. The number of nitrogens with one attached hydrogen (secondary N) is 1. The van der Waals surface area contributed by atoms with Gasteiger partial charge in [0.25, 0.3) is 5.91 Å². The fourth-order valence-corrected chi connectivity index (χ4v) is 3.02. The van der Waals surface area contributed by atoms with Crippen LogP contribution in [0.4, 0.5) is 11.4 Å². The molecular weight excluding hydrogens is 300 g/mol. The Morgan fingerprint density at radius 2 is 1.58 bits per heavy atom. The van der Waals surface area contributed by atoms with Gasteiger partial charge in [0.2, 0.25) is 0 Å². The summed E-state index contributed by atoms with van der Waals surface area (Å²) in [6.45, 7) is 2.11. The molecule has 0 saturated carbocycles. The summed E-state index contributed by atoms with van der Waals surface area (Å²) in [5.41, 5.74) is 1.97. The van der Waals surface area contributed by atoms with Gasteiger partial charge in [0.1, 0.15) is 5.75 Å². The van der Waals surface area contributed by atoms with Crippen LogP contribution in [-0.4, -0.2) is 25.6 Å². The molecule has 1 aliphatic rings. The summed E-state index contributed by atoms with van der Waals surface area (Å²) < 4.78 is 5.52. The van der Waals surface area contributed by atoms with Gasteiger partial charge in [-0.1, -0.05) is 43.2 Å². The molecule has 1 fully saturated rings. The number of anilines is 2. The van der Waals surface area contributed by atoms with Gasteiger partial charge in [-0.15, -0.1) is 0 Å². The van der Waals surface area contributed by atoms with Crippen molar-refractivity contribution in [3.63, 3.8) is 0 Å². The molecule has 0 aromatic heterocycles. The second-order valence-electron chi connectivity index (χ2n) is 6.07. The lowest BCUT2D eigenvalue weighted by Gasteiger charge is -2.25. The molecule has 1 N–H and O–H groups in total. The third-order valence-electron chi connectivity index (χ3n) is 4.24. The van der Waals surface area contributed by atoms with E-state index in [0.29, 0.717) is 5.75 Å². The number of carbonyl (C=O) groups excluding carboxylic acids is 1. The first-order valence-corrected chi connectivity index (χ1v) is 8.64. The van der Waals surface area contributed by atoms with E-state index in [9.17, 15) is 4.79 Å². The number of carbonyl (C=O) groups is 1. The van der Waals surface area contributed by atoms with Crippen LogP contribution in [-0.2, 0) is 4.79 Å². The van der Waals surface area contributed by atoms with Crippen molar-refractivity contribution < 1.29 is 9.53 Å². The smallest absolute Gasteiger partial charge is 0.262 e. The maximum absolute atomic E-state index is 12.2. The van der Waals surface area contributed by atoms with E-state index in [1.54, 1.807) is 0 Å². The molecule has 24 heavy (non-hydrogen) atoms. The number of hydrogen-bond acceptors (Lipinski definition) is 3. The van der Waals surface area contributed by atoms with Gasteiger partial charge in [-0.05, 0) is 37.1 Å². The van der Waals surface area contributed by atoms with Crippen molar-refractivity contribution in [2.24, 2.45) is 0 Å². The van der Waals surface area contributed by atoms with Crippen LogP contribution < -0.4 is 15.0 Å². The van der Waals surface area contributed by atoms with Crippen LogP contribution in [0.25, 0.3) is 0 Å². The SMILES string of the molecule is O=C(COc1ccccc1)Nc1ccccc1N1CCCCCC1. The molecule has 0 spiro atoms. The minimum absolute atomic E-state index is 0.0122. The highest BCUT2D eigenvalue weighted by atomic mass is 16.5. The molecule has 2 aromatic carbocycles. The molecule has 4 heteroatoms. The van der Waals surface area contributed by atoms with Crippen LogP contribution in [0.15, 0.2) is 54.6 Å². The van der Waals surface area contributed by atoms with Gasteiger partial charge in [-0.3, -0.25) is 4.79 Å². The number of para-hydroxylation sites is 3. The minimum atomic E-state index is -0.138. The van der Waals surface area contributed by atoms with Crippen LogP contribution in [0.1, 0.15) is 25.7 Å². The topological polar surface area (TPSA) is 41.6 Å². The monoisotopic (exact) mass is 324 g/mol. The summed E-state index contributed by atoms with van der Waals surface area (Å²) >= 11 is 0. The van der Waals surface area contributed by atoms with Gasteiger partial charge in [0, 0.05) is 13.1 Å². The number of nitrogens with zero attached hydrogens (tertiary/aromatic N) is 1. The average molecular weight is 324 g/mol. The fraction of sp³-hybridized carbons (Fsp3) is 0.350. The van der Waals surface area contributed by atoms with Crippen LogP contribution in [0.5, 0.6) is 5.75 Å². The van der Waals surface area contributed by atoms with E-state index in [-0.39, 0.29) is 12.5 Å². The van der Waals surface area contributed by atoms with Gasteiger partial charge >= 0.3 is 0 Å². The molecule has 0 unspecified atom stereocenters. The normalized spacial score (nSPS) is 14.8. The first-order chi connectivity index (χ1) is 11.8. The van der Waals surface area contributed by atoms with Crippen molar-refractivity contribution in [3.8, 4) is 5.75 Å². The second kappa shape index (κ2) is 8.39. The molecule has 1 aliphatic heterocycles. The molecular formula is C20H24N2O2.